The molecule has 5 nitrogen and oxygen atoms in total. The van der Waals surface area contributed by atoms with E-state index in [1.807, 2.05) is 30.3 Å². The summed E-state index contributed by atoms with van der Waals surface area (Å²) in [6.45, 7) is 0. The second-order valence-electron chi connectivity index (χ2n) is 3.00. The highest BCUT2D eigenvalue weighted by atomic mass is 127. The van der Waals surface area contributed by atoms with Crippen molar-refractivity contribution in [2.75, 3.05) is 7.11 Å². The third-order valence-electron chi connectivity index (χ3n) is 1.51. The lowest BCUT2D eigenvalue weighted by molar-refractivity contribution is -0.535. The fourth-order valence-electron chi connectivity index (χ4n) is 0.645. The number of benzene rings is 1. The number of esters is 1. The van der Waals surface area contributed by atoms with Crippen LogP contribution in [0.1, 0.15) is 0 Å². The van der Waals surface area contributed by atoms with Crippen LogP contribution in [0.15, 0.2) is 30.3 Å². The van der Waals surface area contributed by atoms with Gasteiger partial charge in [-0.25, -0.2) is 13.2 Å². The summed E-state index contributed by atoms with van der Waals surface area (Å²) >= 11 is -0.375. The van der Waals surface area contributed by atoms with Crippen LogP contribution < -0.4 is 21.2 Å². The smallest absolute Gasteiger partial charge is 0.485 e. The number of ether oxygens (including phenoxy) is 1. The van der Waals surface area contributed by atoms with Gasteiger partial charge in [-0.2, -0.15) is 13.2 Å². The molecule has 0 aromatic heterocycles. The van der Waals surface area contributed by atoms with Gasteiger partial charge in [0.2, 0.25) is 7.50 Å². The van der Waals surface area contributed by atoms with Gasteiger partial charge < -0.3 is 9.29 Å². The minimum atomic E-state index is -6.09. The highest BCUT2D eigenvalue weighted by Crippen LogP contribution is 2.20. The first kappa shape index (κ1) is 19.7. The highest BCUT2D eigenvalue weighted by molar-refractivity contribution is 7.86. The molecule has 1 aromatic rings. The molecule has 0 amide bonds. The summed E-state index contributed by atoms with van der Waals surface area (Å²) in [5.41, 5.74) is -5.65. The van der Waals surface area contributed by atoms with Gasteiger partial charge in [0.05, 0.1) is 13.0 Å². The fourth-order valence-corrected chi connectivity index (χ4v) is 2.09. The topological polar surface area (TPSA) is 83.5 Å². The monoisotopic (exact) mass is 436 g/mol. The van der Waals surface area contributed by atoms with Crippen LogP contribution in [0.25, 0.3) is 0 Å². The zero-order valence-electron chi connectivity index (χ0n) is 10.3. The average Bonchev–Trinajstić information content (AvgIpc) is 2.38. The van der Waals surface area contributed by atoms with Crippen LogP contribution in [0.2, 0.25) is 0 Å². The largest absolute Gasteiger partial charge is 0.741 e. The number of alkyl halides is 3. The number of methoxy groups -OCH3 is 1. The van der Waals surface area contributed by atoms with Crippen LogP contribution in [-0.4, -0.2) is 31.6 Å². The molecular formula is C11H8F3IO5S. The molecule has 0 heterocycles. The molecule has 10 heteroatoms. The highest BCUT2D eigenvalue weighted by Gasteiger charge is 2.36. The quantitative estimate of drug-likeness (QED) is 0.170. The lowest BCUT2D eigenvalue weighted by Gasteiger charge is -2.08. The number of hydrogen-bond acceptors (Lipinski definition) is 5. The molecule has 0 bridgehead atoms. The molecule has 0 fully saturated rings. The first-order valence-corrected chi connectivity index (χ1v) is 8.44. The predicted octanol–water partition coefficient (Wildman–Crippen LogP) is -1.87. The molecular weight excluding hydrogens is 428 g/mol. The molecule has 0 aliphatic carbocycles. The van der Waals surface area contributed by atoms with Gasteiger partial charge in [0.1, 0.15) is 0 Å². The van der Waals surface area contributed by atoms with Crippen molar-refractivity contribution in [3.8, 4) is 9.85 Å². The Balaban J connectivity index is 0.000000433. The summed E-state index contributed by atoms with van der Waals surface area (Å²) in [5.74, 6) is 1.96. The molecule has 116 valence electrons. The summed E-state index contributed by atoms with van der Waals surface area (Å²) in [6, 6.07) is 9.92. The van der Waals surface area contributed by atoms with Crippen LogP contribution in [-0.2, 0) is 19.6 Å². The van der Waals surface area contributed by atoms with Gasteiger partial charge in [-0.1, -0.05) is 18.2 Å². The van der Waals surface area contributed by atoms with Crippen molar-refractivity contribution in [2.24, 2.45) is 0 Å². The van der Waals surface area contributed by atoms with Gasteiger partial charge in [-0.15, -0.1) is 0 Å². The van der Waals surface area contributed by atoms with E-state index in [1.54, 1.807) is 0 Å². The number of carbonyl (C=O) groups is 1. The van der Waals surface area contributed by atoms with Gasteiger partial charge >= 0.3 is 32.7 Å². The first-order valence-electron chi connectivity index (χ1n) is 4.88. The number of carbonyl (C=O) groups excluding carboxylic acids is 1. The molecule has 0 atom stereocenters. The molecule has 1 aromatic carbocycles. The molecule has 0 unspecified atom stereocenters. The number of hydrogen-bond donors (Lipinski definition) is 0. The minimum absolute atomic E-state index is 0.375. The summed E-state index contributed by atoms with van der Waals surface area (Å²) in [6.07, 6.45) is 0. The second kappa shape index (κ2) is 8.85. The van der Waals surface area contributed by atoms with E-state index in [2.05, 4.69) is 14.6 Å². The first-order chi connectivity index (χ1) is 9.58. The van der Waals surface area contributed by atoms with Crippen molar-refractivity contribution < 1.29 is 56.9 Å². The Morgan fingerprint density at radius 2 is 1.76 bits per heavy atom. The minimum Gasteiger partial charge on any atom is -0.741 e. The lowest BCUT2D eigenvalue weighted by Crippen LogP contribution is -3.59. The molecule has 0 N–H and O–H groups in total. The van der Waals surface area contributed by atoms with Crippen LogP contribution in [0, 0.1) is 13.4 Å². The fraction of sp³-hybridized carbons (Fsp3) is 0.182. The molecule has 21 heavy (non-hydrogen) atoms. The van der Waals surface area contributed by atoms with Gasteiger partial charge in [0.25, 0.3) is 0 Å². The Bertz CT molecular complexity index is 617. The molecule has 0 spiro atoms. The van der Waals surface area contributed by atoms with E-state index in [4.69, 9.17) is 13.0 Å². The second-order valence-corrected chi connectivity index (χ2v) is 6.70. The van der Waals surface area contributed by atoms with E-state index in [0.29, 0.717) is 0 Å². The summed E-state index contributed by atoms with van der Waals surface area (Å²) in [5, 5.41) is 0. The summed E-state index contributed by atoms with van der Waals surface area (Å²) < 4.78 is 67.3. The zero-order chi connectivity index (χ0) is 16.5. The summed E-state index contributed by atoms with van der Waals surface area (Å²) in [7, 11) is -4.76. The maximum absolute atomic E-state index is 10.7. The molecule has 0 aliphatic heterocycles. The van der Waals surface area contributed by atoms with E-state index in [0.717, 1.165) is 0 Å². The van der Waals surface area contributed by atoms with Crippen molar-refractivity contribution in [1.29, 1.82) is 0 Å². The maximum atomic E-state index is 10.7. The third kappa shape index (κ3) is 9.27. The average molecular weight is 436 g/mol. The van der Waals surface area contributed by atoms with Gasteiger partial charge in [0.15, 0.2) is 10.1 Å². The Morgan fingerprint density at radius 3 is 2.14 bits per heavy atom. The van der Waals surface area contributed by atoms with Crippen molar-refractivity contribution >= 4 is 16.1 Å². The Morgan fingerprint density at radius 1 is 1.29 bits per heavy atom. The van der Waals surface area contributed by atoms with E-state index in [-0.39, 0.29) is 21.2 Å². The Labute approximate surface area is 129 Å². The van der Waals surface area contributed by atoms with Crippen LogP contribution in [0.4, 0.5) is 13.2 Å². The maximum Gasteiger partial charge on any atom is 0.485 e. The SMILES string of the molecule is COC(=O)C#C[I+]c1ccccc1.O=S(=O)([O-])C(F)(F)F. The van der Waals surface area contributed by atoms with Gasteiger partial charge in [0, 0.05) is 0 Å². The van der Waals surface area contributed by atoms with E-state index >= 15 is 0 Å². The van der Waals surface area contributed by atoms with Crippen molar-refractivity contribution in [3.63, 3.8) is 0 Å². The molecule has 0 radical (unpaired) electrons. The van der Waals surface area contributed by atoms with Gasteiger partial charge in [-0.3, -0.25) is 0 Å². The normalized spacial score (nSPS) is 10.5. The van der Waals surface area contributed by atoms with Crippen LogP contribution in [0.5, 0.6) is 0 Å². The summed E-state index contributed by atoms with van der Waals surface area (Å²) in [4.78, 5) is 10.6. The third-order valence-corrected chi connectivity index (χ3v) is 3.96. The molecule has 0 saturated heterocycles. The number of halogens is 4. The van der Waals surface area contributed by atoms with Crippen LogP contribution in [0.3, 0.4) is 0 Å². The van der Waals surface area contributed by atoms with Crippen LogP contribution >= 0.6 is 0 Å². The van der Waals surface area contributed by atoms with Crippen molar-refractivity contribution in [1.82, 2.24) is 0 Å². The zero-order valence-corrected chi connectivity index (χ0v) is 13.3. The molecule has 0 aliphatic rings. The molecule has 1 rings (SSSR count). The number of rotatable bonds is 1. The van der Waals surface area contributed by atoms with E-state index < -0.39 is 21.6 Å². The predicted molar refractivity (Wildman–Crippen MR) is 60.7 cm³/mol. The van der Waals surface area contributed by atoms with Crippen molar-refractivity contribution in [2.45, 2.75) is 5.51 Å². The Kier molecular flexibility index (Phi) is 8.30. The Hall–Kier alpha value is -1.32. The van der Waals surface area contributed by atoms with E-state index in [1.165, 1.54) is 10.7 Å². The van der Waals surface area contributed by atoms with E-state index in [9.17, 15) is 18.0 Å². The van der Waals surface area contributed by atoms with Crippen molar-refractivity contribution in [3.05, 3.63) is 33.9 Å². The van der Waals surface area contributed by atoms with Gasteiger partial charge in [-0.05, 0) is 12.1 Å². The molecule has 0 saturated carbocycles. The lowest BCUT2D eigenvalue weighted by atomic mass is 10.4. The standard InChI is InChI=1S/C10H8IO2.CHF3O3S/c1-13-10(12)7-8-11-9-5-3-2-4-6-9;2-1(3,4)8(5,6)7/h2-6H,1H3;(H,5,6,7)/q+1;/p-1.